The maximum absolute atomic E-state index is 13.7. The van der Waals surface area contributed by atoms with Gasteiger partial charge in [-0.1, -0.05) is 72.8 Å². The highest BCUT2D eigenvalue weighted by Gasteiger charge is 2.28. The molecule has 1 unspecified atom stereocenters. The van der Waals surface area contributed by atoms with Crippen molar-refractivity contribution in [3.8, 4) is 0 Å². The van der Waals surface area contributed by atoms with Gasteiger partial charge in [0.25, 0.3) is 5.91 Å². The Morgan fingerprint density at radius 1 is 0.950 bits per heavy atom. The van der Waals surface area contributed by atoms with Gasteiger partial charge in [-0.05, 0) is 48.8 Å². The lowest BCUT2D eigenvalue weighted by molar-refractivity contribution is 0.0344. The fraction of sp³-hybridized carbons (Fsp3) is 0.281. The Labute approximate surface area is 236 Å². The second-order valence-electron chi connectivity index (χ2n) is 9.92. The van der Waals surface area contributed by atoms with E-state index in [2.05, 4.69) is 27.8 Å². The minimum Gasteiger partial charge on any atom is -0.369 e. The molecule has 0 radical (unpaired) electrons. The quantitative estimate of drug-likeness (QED) is 0.278. The molecule has 40 heavy (non-hydrogen) atoms. The average molecular weight is 537 g/mol. The molecule has 2 N–H and O–H groups in total. The Hall–Kier alpha value is -4.27. The smallest absolute Gasteiger partial charge is 0.263 e. The van der Waals surface area contributed by atoms with Crippen molar-refractivity contribution in [3.05, 3.63) is 113 Å². The van der Waals surface area contributed by atoms with Crippen LogP contribution in [0.5, 0.6) is 0 Å². The van der Waals surface area contributed by atoms with Crippen LogP contribution in [0.4, 0.5) is 17.5 Å². The van der Waals surface area contributed by atoms with Crippen molar-refractivity contribution in [1.82, 2.24) is 15.3 Å². The molecule has 1 aliphatic heterocycles. The molecule has 0 saturated heterocycles. The van der Waals surface area contributed by atoms with Gasteiger partial charge in [0.15, 0.2) is 0 Å². The van der Waals surface area contributed by atoms with Crippen LogP contribution < -0.4 is 20.4 Å². The van der Waals surface area contributed by atoms with Gasteiger partial charge in [0, 0.05) is 38.6 Å². The van der Waals surface area contributed by atoms with Crippen molar-refractivity contribution >= 4 is 23.4 Å². The molecule has 206 valence electrons. The summed E-state index contributed by atoms with van der Waals surface area (Å²) in [5, 5.41) is 6.49. The number of rotatable bonds is 11. The van der Waals surface area contributed by atoms with Crippen molar-refractivity contribution in [2.24, 2.45) is 0 Å². The normalized spacial score (nSPS) is 14.0. The summed E-state index contributed by atoms with van der Waals surface area (Å²) < 4.78 is 6.37. The minimum absolute atomic E-state index is 0.0144. The molecule has 8 nitrogen and oxygen atoms in total. The van der Waals surface area contributed by atoms with Gasteiger partial charge in [-0.15, -0.1) is 0 Å². The van der Waals surface area contributed by atoms with Crippen LogP contribution in [0.15, 0.2) is 91.1 Å². The van der Waals surface area contributed by atoms with Crippen molar-refractivity contribution in [1.29, 1.82) is 0 Å². The van der Waals surface area contributed by atoms with E-state index in [1.165, 1.54) is 0 Å². The molecule has 1 aromatic heterocycles. The summed E-state index contributed by atoms with van der Waals surface area (Å²) in [5.41, 5.74) is 4.64. The van der Waals surface area contributed by atoms with E-state index >= 15 is 0 Å². The zero-order valence-corrected chi connectivity index (χ0v) is 23.1. The first-order chi connectivity index (χ1) is 19.6. The molecule has 1 aliphatic rings. The van der Waals surface area contributed by atoms with Crippen LogP contribution in [0.1, 0.15) is 39.6 Å². The largest absolute Gasteiger partial charge is 0.369 e. The van der Waals surface area contributed by atoms with Crippen molar-refractivity contribution < 1.29 is 9.53 Å². The van der Waals surface area contributed by atoms with Gasteiger partial charge >= 0.3 is 0 Å². The Morgan fingerprint density at radius 3 is 2.48 bits per heavy atom. The Morgan fingerprint density at radius 2 is 1.70 bits per heavy atom. The van der Waals surface area contributed by atoms with Crippen LogP contribution in [-0.2, 0) is 17.9 Å². The van der Waals surface area contributed by atoms with Gasteiger partial charge < -0.3 is 25.2 Å². The van der Waals surface area contributed by atoms with Crippen molar-refractivity contribution in [3.63, 3.8) is 0 Å². The minimum atomic E-state index is -0.108. The molecule has 0 aliphatic carbocycles. The maximum atomic E-state index is 13.7. The molecule has 3 aromatic carbocycles. The van der Waals surface area contributed by atoms with Crippen LogP contribution in [-0.4, -0.2) is 49.6 Å². The van der Waals surface area contributed by atoms with Gasteiger partial charge in [-0.25, -0.2) is 4.98 Å². The summed E-state index contributed by atoms with van der Waals surface area (Å²) in [6.45, 7) is 3.11. The summed E-state index contributed by atoms with van der Waals surface area (Å²) in [7, 11) is 3.91. The first kappa shape index (κ1) is 27.3. The fourth-order valence-corrected chi connectivity index (χ4v) is 4.83. The van der Waals surface area contributed by atoms with Crippen LogP contribution >= 0.6 is 0 Å². The molecule has 0 bridgehead atoms. The second kappa shape index (κ2) is 13.2. The van der Waals surface area contributed by atoms with E-state index in [9.17, 15) is 4.79 Å². The summed E-state index contributed by atoms with van der Waals surface area (Å²) >= 11 is 0. The standard InChI is InChI=1S/C32H36N6O2/c1-33-17-16-29(26-13-7-4-8-14-26)40-23-25-12-9-15-27(20-25)38-19-18-37(2)30-28(31(38)39)22-35-32(36-30)34-21-24-10-5-3-6-11-24/h3-15,20,22,29,33H,16-19,21,23H2,1-2H3,(H,34,35,36). The number of fused-ring (bicyclic) bond motifs is 1. The van der Waals surface area contributed by atoms with E-state index in [0.29, 0.717) is 43.6 Å². The molecule has 2 heterocycles. The molecular formula is C32H36N6O2. The third-order valence-electron chi connectivity index (χ3n) is 7.06. The Kier molecular flexibility index (Phi) is 9.00. The van der Waals surface area contributed by atoms with E-state index in [1.54, 1.807) is 6.20 Å². The van der Waals surface area contributed by atoms with Gasteiger partial charge in [0.2, 0.25) is 5.95 Å². The van der Waals surface area contributed by atoms with Gasteiger partial charge in [0.1, 0.15) is 11.4 Å². The Balaban J connectivity index is 1.30. The number of carbonyl (C=O) groups is 1. The number of benzene rings is 3. The molecule has 5 rings (SSSR count). The van der Waals surface area contributed by atoms with Crippen LogP contribution in [0.2, 0.25) is 0 Å². The molecule has 1 atom stereocenters. The lowest BCUT2D eigenvalue weighted by atomic mass is 10.1. The maximum Gasteiger partial charge on any atom is 0.263 e. The number of likely N-dealkylation sites (N-methyl/N-ethyl adjacent to an activating group) is 1. The summed E-state index contributed by atoms with van der Waals surface area (Å²) in [5.74, 6) is 1.03. The first-order valence-corrected chi connectivity index (χ1v) is 13.7. The third-order valence-corrected chi connectivity index (χ3v) is 7.06. The molecule has 0 saturated carbocycles. The van der Waals surface area contributed by atoms with E-state index in [0.717, 1.165) is 35.3 Å². The van der Waals surface area contributed by atoms with Crippen LogP contribution in [0.25, 0.3) is 0 Å². The molecule has 8 heteroatoms. The number of nitrogens with zero attached hydrogens (tertiary/aromatic N) is 4. The highest BCUT2D eigenvalue weighted by atomic mass is 16.5. The molecular weight excluding hydrogens is 500 g/mol. The van der Waals surface area contributed by atoms with E-state index in [4.69, 9.17) is 9.72 Å². The first-order valence-electron chi connectivity index (χ1n) is 13.7. The van der Waals surface area contributed by atoms with Crippen molar-refractivity contribution in [2.75, 3.05) is 48.8 Å². The summed E-state index contributed by atoms with van der Waals surface area (Å²) in [6.07, 6.45) is 2.49. The molecule has 4 aromatic rings. The van der Waals surface area contributed by atoms with Crippen LogP contribution in [0.3, 0.4) is 0 Å². The topological polar surface area (TPSA) is 82.6 Å². The fourth-order valence-electron chi connectivity index (χ4n) is 4.83. The van der Waals surface area contributed by atoms with Crippen molar-refractivity contribution in [2.45, 2.75) is 25.7 Å². The number of carbonyl (C=O) groups excluding carboxylic acids is 1. The van der Waals surface area contributed by atoms with E-state index in [-0.39, 0.29) is 12.0 Å². The SMILES string of the molecule is CNCCC(OCc1cccc(N2CCN(C)c3nc(NCc4ccccc4)ncc3C2=O)c1)c1ccccc1. The van der Waals surface area contributed by atoms with Gasteiger partial charge in [-0.3, -0.25) is 4.79 Å². The zero-order valence-electron chi connectivity index (χ0n) is 23.1. The van der Waals surface area contributed by atoms with Crippen LogP contribution in [0, 0.1) is 0 Å². The molecule has 1 amide bonds. The molecule has 0 spiro atoms. The summed E-state index contributed by atoms with van der Waals surface area (Å²) in [6, 6.07) is 28.4. The monoisotopic (exact) mass is 536 g/mol. The Bertz CT molecular complexity index is 1400. The third kappa shape index (κ3) is 6.65. The lowest BCUT2D eigenvalue weighted by Crippen LogP contribution is -2.33. The highest BCUT2D eigenvalue weighted by Crippen LogP contribution is 2.28. The predicted molar refractivity (Wildman–Crippen MR) is 160 cm³/mol. The zero-order chi connectivity index (χ0) is 27.7. The lowest BCUT2D eigenvalue weighted by Gasteiger charge is -2.22. The van der Waals surface area contributed by atoms with E-state index in [1.807, 2.05) is 96.7 Å². The predicted octanol–water partition coefficient (Wildman–Crippen LogP) is 5.05. The average Bonchev–Trinajstić information content (AvgIpc) is 3.12. The summed E-state index contributed by atoms with van der Waals surface area (Å²) in [4.78, 5) is 26.7. The highest BCUT2D eigenvalue weighted by molar-refractivity contribution is 6.09. The number of hydrogen-bond donors (Lipinski definition) is 2. The number of ether oxygens (including phenoxy) is 1. The number of hydrogen-bond acceptors (Lipinski definition) is 7. The number of nitrogens with one attached hydrogen (secondary N) is 2. The second-order valence-corrected chi connectivity index (χ2v) is 9.92. The van der Waals surface area contributed by atoms with Gasteiger partial charge in [0.05, 0.1) is 12.7 Å². The van der Waals surface area contributed by atoms with E-state index < -0.39 is 0 Å². The number of aromatic nitrogens is 2. The number of anilines is 3. The van der Waals surface area contributed by atoms with Gasteiger partial charge in [-0.2, -0.15) is 4.98 Å². The molecule has 0 fully saturated rings. The number of amides is 1.